The van der Waals surface area contributed by atoms with E-state index < -0.39 is 5.97 Å². The van der Waals surface area contributed by atoms with E-state index in [2.05, 4.69) is 10.2 Å². The molecule has 0 amide bonds. The highest BCUT2D eigenvalue weighted by Crippen LogP contribution is 2.20. The zero-order chi connectivity index (χ0) is 12.4. The molecule has 2 aromatic heterocycles. The van der Waals surface area contributed by atoms with E-state index in [-0.39, 0.29) is 6.54 Å². The Morgan fingerprint density at radius 1 is 1.41 bits per heavy atom. The van der Waals surface area contributed by atoms with Gasteiger partial charge < -0.3 is 5.11 Å². The molecule has 0 unspecified atom stereocenters. The molecular weight excluding hydrogens is 220 g/mol. The third kappa shape index (κ3) is 2.35. The predicted octanol–water partition coefficient (Wildman–Crippen LogP) is 1.16. The number of rotatable bonds is 4. The van der Waals surface area contributed by atoms with E-state index in [0.717, 1.165) is 23.5 Å². The van der Waals surface area contributed by atoms with Crippen LogP contribution in [-0.2, 0) is 17.9 Å². The first-order chi connectivity index (χ1) is 8.10. The first kappa shape index (κ1) is 11.4. The standard InChI is InChI=1S/C11H14N4O2/c1-3-14-6-9(8(2)12-14)10-4-5-15(13-10)7-11(16)17/h4-6H,3,7H2,1-2H3,(H,16,17). The van der Waals surface area contributed by atoms with Crippen LogP contribution in [0.5, 0.6) is 0 Å². The highest BCUT2D eigenvalue weighted by atomic mass is 16.4. The second-order valence-electron chi connectivity index (χ2n) is 3.78. The lowest BCUT2D eigenvalue weighted by atomic mass is 10.2. The lowest BCUT2D eigenvalue weighted by Gasteiger charge is -1.95. The highest BCUT2D eigenvalue weighted by Gasteiger charge is 2.10. The molecule has 0 bridgehead atoms. The number of hydrogen-bond acceptors (Lipinski definition) is 3. The van der Waals surface area contributed by atoms with Crippen molar-refractivity contribution in [3.63, 3.8) is 0 Å². The van der Waals surface area contributed by atoms with E-state index in [1.165, 1.54) is 4.68 Å². The molecule has 0 aliphatic rings. The maximum Gasteiger partial charge on any atom is 0.325 e. The van der Waals surface area contributed by atoms with Gasteiger partial charge in [0.05, 0.1) is 11.4 Å². The molecule has 2 heterocycles. The van der Waals surface area contributed by atoms with Crippen LogP contribution in [0.15, 0.2) is 18.5 Å². The van der Waals surface area contributed by atoms with Gasteiger partial charge in [0.1, 0.15) is 6.54 Å². The van der Waals surface area contributed by atoms with Crippen molar-refractivity contribution in [3.05, 3.63) is 24.2 Å². The number of aliphatic carboxylic acids is 1. The molecule has 0 fully saturated rings. The zero-order valence-corrected chi connectivity index (χ0v) is 9.79. The molecule has 6 nitrogen and oxygen atoms in total. The summed E-state index contributed by atoms with van der Waals surface area (Å²) in [5.74, 6) is -0.902. The first-order valence-corrected chi connectivity index (χ1v) is 5.40. The number of hydrogen-bond donors (Lipinski definition) is 1. The van der Waals surface area contributed by atoms with Crippen molar-refractivity contribution >= 4 is 5.97 Å². The minimum Gasteiger partial charge on any atom is -0.480 e. The molecule has 0 spiro atoms. The van der Waals surface area contributed by atoms with Crippen LogP contribution in [0, 0.1) is 6.92 Å². The number of aromatic nitrogens is 4. The Kier molecular flexibility index (Phi) is 2.95. The SMILES string of the molecule is CCn1cc(-c2ccn(CC(=O)O)n2)c(C)n1. The Morgan fingerprint density at radius 2 is 2.18 bits per heavy atom. The van der Waals surface area contributed by atoms with Crippen LogP contribution in [0.3, 0.4) is 0 Å². The summed E-state index contributed by atoms with van der Waals surface area (Å²) < 4.78 is 3.24. The van der Waals surface area contributed by atoms with E-state index in [1.54, 1.807) is 12.3 Å². The fourth-order valence-electron chi connectivity index (χ4n) is 1.66. The summed E-state index contributed by atoms with van der Waals surface area (Å²) in [7, 11) is 0. The van der Waals surface area contributed by atoms with Gasteiger partial charge in [-0.25, -0.2) is 0 Å². The van der Waals surface area contributed by atoms with Crippen molar-refractivity contribution in [1.29, 1.82) is 0 Å². The Balaban J connectivity index is 2.29. The molecule has 6 heteroatoms. The molecule has 0 aliphatic heterocycles. The minimum absolute atomic E-state index is 0.124. The third-order valence-electron chi connectivity index (χ3n) is 2.48. The molecule has 0 saturated carbocycles. The van der Waals surface area contributed by atoms with E-state index in [1.807, 2.05) is 24.7 Å². The Bertz CT molecular complexity index is 541. The number of carboxylic acids is 1. The average Bonchev–Trinajstić information content (AvgIpc) is 2.83. The van der Waals surface area contributed by atoms with Crippen LogP contribution >= 0.6 is 0 Å². The zero-order valence-electron chi connectivity index (χ0n) is 9.79. The number of nitrogens with zero attached hydrogens (tertiary/aromatic N) is 4. The van der Waals surface area contributed by atoms with Gasteiger partial charge in [0.25, 0.3) is 0 Å². The van der Waals surface area contributed by atoms with E-state index in [4.69, 9.17) is 5.11 Å². The van der Waals surface area contributed by atoms with Crippen LogP contribution in [0.1, 0.15) is 12.6 Å². The van der Waals surface area contributed by atoms with Gasteiger partial charge in [0.2, 0.25) is 0 Å². The second kappa shape index (κ2) is 4.40. The fraction of sp³-hybridized carbons (Fsp3) is 0.364. The number of carboxylic acid groups (broad SMARTS) is 1. The largest absolute Gasteiger partial charge is 0.480 e. The fourth-order valence-corrected chi connectivity index (χ4v) is 1.66. The van der Waals surface area contributed by atoms with Gasteiger partial charge in [-0.05, 0) is 19.9 Å². The minimum atomic E-state index is -0.902. The van der Waals surface area contributed by atoms with Crippen LogP contribution < -0.4 is 0 Å². The molecule has 0 aromatic carbocycles. The monoisotopic (exact) mass is 234 g/mol. The lowest BCUT2D eigenvalue weighted by Crippen LogP contribution is -2.08. The van der Waals surface area contributed by atoms with Gasteiger partial charge in [-0.3, -0.25) is 14.2 Å². The van der Waals surface area contributed by atoms with Crippen molar-refractivity contribution in [1.82, 2.24) is 19.6 Å². The van der Waals surface area contributed by atoms with Crippen molar-refractivity contribution in [2.45, 2.75) is 26.9 Å². The van der Waals surface area contributed by atoms with Crippen molar-refractivity contribution in [2.75, 3.05) is 0 Å². The van der Waals surface area contributed by atoms with E-state index in [0.29, 0.717) is 0 Å². The molecule has 90 valence electrons. The normalized spacial score (nSPS) is 10.7. The predicted molar refractivity (Wildman–Crippen MR) is 61.5 cm³/mol. The maximum absolute atomic E-state index is 10.6. The third-order valence-corrected chi connectivity index (χ3v) is 2.48. The van der Waals surface area contributed by atoms with Crippen LogP contribution in [0.2, 0.25) is 0 Å². The molecule has 0 saturated heterocycles. The second-order valence-corrected chi connectivity index (χ2v) is 3.78. The van der Waals surface area contributed by atoms with Gasteiger partial charge in [-0.1, -0.05) is 0 Å². The molecule has 0 aliphatic carbocycles. The van der Waals surface area contributed by atoms with Gasteiger partial charge in [-0.15, -0.1) is 0 Å². The van der Waals surface area contributed by atoms with Crippen LogP contribution in [-0.4, -0.2) is 30.6 Å². The van der Waals surface area contributed by atoms with Crippen molar-refractivity contribution in [2.24, 2.45) is 0 Å². The van der Waals surface area contributed by atoms with Gasteiger partial charge in [0.15, 0.2) is 0 Å². The Labute approximate surface area is 98.5 Å². The molecule has 17 heavy (non-hydrogen) atoms. The van der Waals surface area contributed by atoms with Crippen LogP contribution in [0.4, 0.5) is 0 Å². The van der Waals surface area contributed by atoms with Gasteiger partial charge in [0, 0.05) is 24.5 Å². The average molecular weight is 234 g/mol. The van der Waals surface area contributed by atoms with Gasteiger partial charge >= 0.3 is 5.97 Å². The molecule has 2 aromatic rings. The molecule has 0 atom stereocenters. The molecule has 2 rings (SSSR count). The summed E-state index contributed by atoms with van der Waals surface area (Å²) in [6.07, 6.45) is 3.58. The summed E-state index contributed by atoms with van der Waals surface area (Å²) in [5.41, 5.74) is 2.59. The Morgan fingerprint density at radius 3 is 2.76 bits per heavy atom. The highest BCUT2D eigenvalue weighted by molar-refractivity contribution is 5.67. The maximum atomic E-state index is 10.6. The summed E-state index contributed by atoms with van der Waals surface area (Å²) in [6, 6.07) is 1.80. The first-order valence-electron chi connectivity index (χ1n) is 5.40. The molecule has 1 N–H and O–H groups in total. The van der Waals surface area contributed by atoms with Crippen molar-refractivity contribution < 1.29 is 9.90 Å². The topological polar surface area (TPSA) is 72.9 Å². The summed E-state index contributed by atoms with van der Waals surface area (Å²) in [5, 5.41) is 17.2. The Hall–Kier alpha value is -2.11. The number of carbonyl (C=O) groups is 1. The van der Waals surface area contributed by atoms with E-state index in [9.17, 15) is 4.79 Å². The quantitative estimate of drug-likeness (QED) is 0.861. The number of aryl methyl sites for hydroxylation is 2. The lowest BCUT2D eigenvalue weighted by molar-refractivity contribution is -0.137. The van der Waals surface area contributed by atoms with Crippen molar-refractivity contribution in [3.8, 4) is 11.3 Å². The smallest absolute Gasteiger partial charge is 0.325 e. The van der Waals surface area contributed by atoms with Gasteiger partial charge in [-0.2, -0.15) is 10.2 Å². The van der Waals surface area contributed by atoms with E-state index >= 15 is 0 Å². The summed E-state index contributed by atoms with van der Waals surface area (Å²) >= 11 is 0. The molecule has 0 radical (unpaired) electrons. The van der Waals surface area contributed by atoms with Crippen LogP contribution in [0.25, 0.3) is 11.3 Å². The summed E-state index contributed by atoms with van der Waals surface area (Å²) in [6.45, 7) is 4.61. The summed E-state index contributed by atoms with van der Waals surface area (Å²) in [4.78, 5) is 10.6. The molecular formula is C11H14N4O2.